The number of halogens is 3. The molecule has 1 atom stereocenters. The minimum Gasteiger partial charge on any atom is -0.395 e. The molecule has 0 radical (unpaired) electrons. The Balaban J connectivity index is 2.53. The Morgan fingerprint density at radius 3 is 2.65 bits per heavy atom. The van der Waals surface area contributed by atoms with E-state index in [2.05, 4.69) is 0 Å². The Hall–Kier alpha value is -0.820. The van der Waals surface area contributed by atoms with Crippen LogP contribution in [0.4, 0.5) is 13.2 Å². The number of piperidine rings is 1. The van der Waals surface area contributed by atoms with Crippen LogP contribution < -0.4 is 0 Å². The third kappa shape index (κ3) is 5.28. The summed E-state index contributed by atoms with van der Waals surface area (Å²) in [6.45, 7) is 3.16. The lowest BCUT2D eigenvalue weighted by molar-refractivity contribution is -0.188. The third-order valence-corrected chi connectivity index (χ3v) is 3.55. The molecule has 1 aliphatic heterocycles. The summed E-state index contributed by atoms with van der Waals surface area (Å²) in [5.41, 5.74) is 0. The zero-order chi connectivity index (χ0) is 15.2. The van der Waals surface area contributed by atoms with Crippen LogP contribution in [0.15, 0.2) is 0 Å². The van der Waals surface area contributed by atoms with Crippen molar-refractivity contribution >= 4 is 5.91 Å². The van der Waals surface area contributed by atoms with E-state index >= 15 is 0 Å². The topological polar surface area (TPSA) is 43.8 Å². The molecule has 1 aliphatic rings. The molecule has 0 aromatic carbocycles. The van der Waals surface area contributed by atoms with Crippen LogP contribution in [-0.2, 0) is 4.79 Å². The van der Waals surface area contributed by atoms with Crippen molar-refractivity contribution in [3.63, 3.8) is 0 Å². The van der Waals surface area contributed by atoms with E-state index in [0.29, 0.717) is 26.1 Å². The SMILES string of the molecule is CCCN(CCO)CC(=O)N1CCCC(C(F)(F)F)C1. The van der Waals surface area contributed by atoms with E-state index < -0.39 is 12.1 Å². The number of carbonyl (C=O) groups excluding carboxylic acids is 1. The number of likely N-dealkylation sites (tertiary alicyclic amines) is 1. The molecule has 1 amide bonds. The number of rotatable bonds is 6. The van der Waals surface area contributed by atoms with Crippen molar-refractivity contribution in [3.8, 4) is 0 Å². The van der Waals surface area contributed by atoms with Crippen LogP contribution in [0.1, 0.15) is 26.2 Å². The van der Waals surface area contributed by atoms with Gasteiger partial charge in [0.15, 0.2) is 0 Å². The van der Waals surface area contributed by atoms with Crippen molar-refractivity contribution in [2.45, 2.75) is 32.4 Å². The number of alkyl halides is 3. The molecule has 118 valence electrons. The molecule has 0 bridgehead atoms. The Bertz CT molecular complexity index is 304. The predicted octanol–water partition coefficient (Wildman–Crippen LogP) is 1.49. The van der Waals surface area contributed by atoms with Gasteiger partial charge in [-0.3, -0.25) is 9.69 Å². The molecule has 0 aromatic rings. The van der Waals surface area contributed by atoms with Gasteiger partial charge in [-0.25, -0.2) is 0 Å². The van der Waals surface area contributed by atoms with Crippen LogP contribution in [0.5, 0.6) is 0 Å². The lowest BCUT2D eigenvalue weighted by Crippen LogP contribution is -2.48. The van der Waals surface area contributed by atoms with Gasteiger partial charge in [-0.05, 0) is 25.8 Å². The standard InChI is InChI=1S/C13H23F3N2O2/c1-2-5-17(7-8-19)10-12(20)18-6-3-4-11(9-18)13(14,15)16/h11,19H,2-10H2,1H3. The number of amides is 1. The van der Waals surface area contributed by atoms with Gasteiger partial charge in [0, 0.05) is 19.6 Å². The zero-order valence-electron chi connectivity index (χ0n) is 11.8. The van der Waals surface area contributed by atoms with Gasteiger partial charge in [-0.2, -0.15) is 13.2 Å². The first-order valence-corrected chi connectivity index (χ1v) is 7.06. The van der Waals surface area contributed by atoms with Crippen molar-refractivity contribution in [1.29, 1.82) is 0 Å². The van der Waals surface area contributed by atoms with Gasteiger partial charge < -0.3 is 10.0 Å². The second kappa shape index (κ2) is 7.83. The van der Waals surface area contributed by atoms with E-state index in [4.69, 9.17) is 5.11 Å². The monoisotopic (exact) mass is 296 g/mol. The van der Waals surface area contributed by atoms with Crippen molar-refractivity contribution in [3.05, 3.63) is 0 Å². The molecule has 1 N–H and O–H groups in total. The molecule has 0 aliphatic carbocycles. The maximum atomic E-state index is 12.7. The molecule has 1 heterocycles. The molecular weight excluding hydrogens is 273 g/mol. The van der Waals surface area contributed by atoms with E-state index in [1.807, 2.05) is 6.92 Å². The number of hydrogen-bond donors (Lipinski definition) is 1. The fraction of sp³-hybridized carbons (Fsp3) is 0.923. The first-order valence-electron chi connectivity index (χ1n) is 7.06. The molecule has 1 rings (SSSR count). The third-order valence-electron chi connectivity index (χ3n) is 3.55. The largest absolute Gasteiger partial charge is 0.395 e. The Morgan fingerprint density at radius 1 is 1.40 bits per heavy atom. The average Bonchev–Trinajstić information content (AvgIpc) is 2.38. The number of aliphatic hydroxyl groups is 1. The molecule has 0 saturated carbocycles. The minimum atomic E-state index is -4.23. The van der Waals surface area contributed by atoms with Crippen molar-refractivity contribution in [2.75, 3.05) is 39.3 Å². The number of hydrogen-bond acceptors (Lipinski definition) is 3. The second-order valence-corrected chi connectivity index (χ2v) is 5.22. The fourth-order valence-electron chi connectivity index (χ4n) is 2.49. The summed E-state index contributed by atoms with van der Waals surface area (Å²) in [7, 11) is 0. The lowest BCUT2D eigenvalue weighted by Gasteiger charge is -2.35. The highest BCUT2D eigenvalue weighted by atomic mass is 19.4. The van der Waals surface area contributed by atoms with E-state index in [1.165, 1.54) is 4.90 Å². The van der Waals surface area contributed by atoms with Crippen molar-refractivity contribution in [1.82, 2.24) is 9.80 Å². The van der Waals surface area contributed by atoms with Gasteiger partial charge in [-0.1, -0.05) is 6.92 Å². The number of carbonyl (C=O) groups is 1. The number of aliphatic hydroxyl groups excluding tert-OH is 1. The van der Waals surface area contributed by atoms with Crippen LogP contribution in [0.3, 0.4) is 0 Å². The maximum Gasteiger partial charge on any atom is 0.393 e. The normalized spacial score (nSPS) is 20.5. The molecule has 1 saturated heterocycles. The highest BCUT2D eigenvalue weighted by Gasteiger charge is 2.42. The van der Waals surface area contributed by atoms with Gasteiger partial charge in [0.2, 0.25) is 5.91 Å². The van der Waals surface area contributed by atoms with Crippen LogP contribution in [-0.4, -0.2) is 66.3 Å². The summed E-state index contributed by atoms with van der Waals surface area (Å²) in [6.07, 6.45) is -2.90. The number of nitrogens with zero attached hydrogens (tertiary/aromatic N) is 2. The smallest absolute Gasteiger partial charge is 0.393 e. The van der Waals surface area contributed by atoms with Gasteiger partial charge in [-0.15, -0.1) is 0 Å². The first kappa shape index (κ1) is 17.2. The predicted molar refractivity (Wildman–Crippen MR) is 69.2 cm³/mol. The summed E-state index contributed by atoms with van der Waals surface area (Å²) in [4.78, 5) is 15.2. The lowest BCUT2D eigenvalue weighted by atomic mass is 9.97. The van der Waals surface area contributed by atoms with Gasteiger partial charge in [0.05, 0.1) is 19.1 Å². The summed E-state index contributed by atoms with van der Waals surface area (Å²) < 4.78 is 38.1. The summed E-state index contributed by atoms with van der Waals surface area (Å²) in [5.74, 6) is -1.68. The van der Waals surface area contributed by atoms with E-state index in [0.717, 1.165) is 6.42 Å². The summed E-state index contributed by atoms with van der Waals surface area (Å²) in [5, 5.41) is 8.92. The van der Waals surface area contributed by atoms with Gasteiger partial charge in [0.25, 0.3) is 0 Å². The Kier molecular flexibility index (Phi) is 6.75. The van der Waals surface area contributed by atoms with Gasteiger partial charge in [0.1, 0.15) is 0 Å². The molecule has 1 unspecified atom stereocenters. The molecule has 4 nitrogen and oxygen atoms in total. The Labute approximate surface area is 117 Å². The molecule has 20 heavy (non-hydrogen) atoms. The van der Waals surface area contributed by atoms with Crippen LogP contribution in [0.2, 0.25) is 0 Å². The van der Waals surface area contributed by atoms with Crippen molar-refractivity contribution < 1.29 is 23.1 Å². The van der Waals surface area contributed by atoms with E-state index in [1.54, 1.807) is 4.90 Å². The van der Waals surface area contributed by atoms with E-state index in [-0.39, 0.29) is 32.0 Å². The zero-order valence-corrected chi connectivity index (χ0v) is 11.8. The molecule has 1 fully saturated rings. The maximum absolute atomic E-state index is 12.7. The molecular formula is C13H23F3N2O2. The van der Waals surface area contributed by atoms with Gasteiger partial charge >= 0.3 is 6.18 Å². The summed E-state index contributed by atoms with van der Waals surface area (Å²) >= 11 is 0. The quantitative estimate of drug-likeness (QED) is 0.807. The minimum absolute atomic E-state index is 0.0571. The molecule has 7 heteroatoms. The first-order chi connectivity index (χ1) is 9.38. The fourth-order valence-corrected chi connectivity index (χ4v) is 2.49. The van der Waals surface area contributed by atoms with Crippen LogP contribution in [0.25, 0.3) is 0 Å². The summed E-state index contributed by atoms with van der Waals surface area (Å²) in [6, 6.07) is 0. The van der Waals surface area contributed by atoms with Crippen LogP contribution in [0, 0.1) is 5.92 Å². The van der Waals surface area contributed by atoms with E-state index in [9.17, 15) is 18.0 Å². The highest BCUT2D eigenvalue weighted by molar-refractivity contribution is 5.78. The molecule has 0 spiro atoms. The molecule has 0 aromatic heterocycles. The van der Waals surface area contributed by atoms with Crippen molar-refractivity contribution in [2.24, 2.45) is 5.92 Å². The highest BCUT2D eigenvalue weighted by Crippen LogP contribution is 2.33. The second-order valence-electron chi connectivity index (χ2n) is 5.22. The Morgan fingerprint density at radius 2 is 2.10 bits per heavy atom. The average molecular weight is 296 g/mol. The van der Waals surface area contributed by atoms with Crippen LogP contribution >= 0.6 is 0 Å².